The molecule has 0 aliphatic carbocycles. The van der Waals surface area contributed by atoms with Crippen LogP contribution in [0, 0.1) is 6.92 Å². The smallest absolute Gasteiger partial charge is 0.307 e. The van der Waals surface area contributed by atoms with Gasteiger partial charge in [-0.3, -0.25) is 4.79 Å². The Balaban J connectivity index is 1.68. The molecule has 0 fully saturated rings. The topological polar surface area (TPSA) is 55.8 Å². The second kappa shape index (κ2) is 9.80. The van der Waals surface area contributed by atoms with Crippen LogP contribution in [0.2, 0.25) is 5.02 Å². The summed E-state index contributed by atoms with van der Waals surface area (Å²) in [7, 11) is 0. The van der Waals surface area contributed by atoms with Crippen molar-refractivity contribution in [2.24, 2.45) is 0 Å². The number of carboxylic acids is 1. The summed E-state index contributed by atoms with van der Waals surface area (Å²) in [4.78, 5) is 11.0. The maximum atomic E-state index is 11.0. The molecule has 3 rings (SSSR count). The number of aliphatic carboxylic acids is 1. The highest BCUT2D eigenvalue weighted by atomic mass is 35.5. The Kier molecular flexibility index (Phi) is 6.93. The molecule has 0 atom stereocenters. The van der Waals surface area contributed by atoms with Gasteiger partial charge in [0, 0.05) is 5.02 Å². The zero-order valence-electron chi connectivity index (χ0n) is 16.0. The van der Waals surface area contributed by atoms with E-state index in [1.165, 1.54) is 0 Å². The minimum absolute atomic E-state index is 0.0499. The molecule has 3 aromatic carbocycles. The molecule has 148 valence electrons. The van der Waals surface area contributed by atoms with Crippen molar-refractivity contribution in [3.05, 3.63) is 94.5 Å². The molecule has 5 heteroatoms. The van der Waals surface area contributed by atoms with Crippen LogP contribution in [0.25, 0.3) is 6.08 Å². The number of hydrogen-bond donors (Lipinski definition) is 1. The maximum absolute atomic E-state index is 11.0. The number of benzene rings is 3. The van der Waals surface area contributed by atoms with Gasteiger partial charge in [0.15, 0.2) is 11.5 Å². The Labute approximate surface area is 175 Å². The van der Waals surface area contributed by atoms with E-state index in [9.17, 15) is 4.79 Å². The molecule has 0 aliphatic rings. The highest BCUT2D eigenvalue weighted by Crippen LogP contribution is 2.32. The van der Waals surface area contributed by atoms with E-state index in [-0.39, 0.29) is 6.42 Å². The van der Waals surface area contributed by atoms with Gasteiger partial charge >= 0.3 is 5.97 Å². The van der Waals surface area contributed by atoms with Gasteiger partial charge in [-0.15, -0.1) is 0 Å². The van der Waals surface area contributed by atoms with Crippen molar-refractivity contribution in [3.8, 4) is 17.2 Å². The SMILES string of the molecule is Cc1cc(CC(=O)O)cc(Oc2ccccc2OC/C=C/c2ccc(Cl)cc2)c1. The summed E-state index contributed by atoms with van der Waals surface area (Å²) in [6, 6.07) is 20.4. The summed E-state index contributed by atoms with van der Waals surface area (Å²) in [5, 5.41) is 9.73. The lowest BCUT2D eigenvalue weighted by atomic mass is 10.1. The fourth-order valence-corrected chi connectivity index (χ4v) is 2.96. The van der Waals surface area contributed by atoms with Crippen molar-refractivity contribution in [3.63, 3.8) is 0 Å². The number of aryl methyl sites for hydroxylation is 1. The van der Waals surface area contributed by atoms with Crippen LogP contribution in [0.15, 0.2) is 72.8 Å². The average Bonchev–Trinajstić information content (AvgIpc) is 2.67. The second-order valence-electron chi connectivity index (χ2n) is 6.54. The number of ether oxygens (including phenoxy) is 2. The zero-order valence-corrected chi connectivity index (χ0v) is 16.7. The van der Waals surface area contributed by atoms with E-state index < -0.39 is 5.97 Å². The predicted molar refractivity (Wildman–Crippen MR) is 115 cm³/mol. The number of rotatable bonds is 8. The first-order valence-corrected chi connectivity index (χ1v) is 9.51. The largest absolute Gasteiger partial charge is 0.486 e. The molecule has 0 saturated carbocycles. The van der Waals surface area contributed by atoms with Gasteiger partial charge in [-0.2, -0.15) is 0 Å². The van der Waals surface area contributed by atoms with Gasteiger partial charge in [-0.1, -0.05) is 48.0 Å². The highest BCUT2D eigenvalue weighted by molar-refractivity contribution is 6.30. The van der Waals surface area contributed by atoms with Crippen molar-refractivity contribution in [1.82, 2.24) is 0 Å². The number of hydrogen-bond acceptors (Lipinski definition) is 3. The standard InChI is InChI=1S/C24H21ClO4/c1-17-13-19(16-24(26)27)15-21(14-17)29-23-7-3-2-6-22(23)28-12-4-5-18-8-10-20(25)11-9-18/h2-11,13-15H,12,16H2,1H3,(H,26,27)/b5-4+. The lowest BCUT2D eigenvalue weighted by Crippen LogP contribution is -2.01. The Morgan fingerprint density at radius 2 is 1.76 bits per heavy atom. The van der Waals surface area contributed by atoms with E-state index >= 15 is 0 Å². The van der Waals surface area contributed by atoms with E-state index in [0.29, 0.717) is 34.4 Å². The average molecular weight is 409 g/mol. The molecule has 0 unspecified atom stereocenters. The van der Waals surface area contributed by atoms with Gasteiger partial charge in [-0.25, -0.2) is 0 Å². The summed E-state index contributed by atoms with van der Waals surface area (Å²) < 4.78 is 11.8. The highest BCUT2D eigenvalue weighted by Gasteiger charge is 2.08. The van der Waals surface area contributed by atoms with Crippen molar-refractivity contribution < 1.29 is 19.4 Å². The molecular formula is C24H21ClO4. The van der Waals surface area contributed by atoms with Gasteiger partial charge in [0.05, 0.1) is 6.42 Å². The molecule has 4 nitrogen and oxygen atoms in total. The monoisotopic (exact) mass is 408 g/mol. The van der Waals surface area contributed by atoms with Crippen molar-refractivity contribution in [2.45, 2.75) is 13.3 Å². The molecular weight excluding hydrogens is 388 g/mol. The minimum atomic E-state index is -0.877. The van der Waals surface area contributed by atoms with Gasteiger partial charge in [0.25, 0.3) is 0 Å². The first-order valence-electron chi connectivity index (χ1n) is 9.14. The minimum Gasteiger partial charge on any atom is -0.486 e. The Bertz CT molecular complexity index is 1010. The van der Waals surface area contributed by atoms with Crippen molar-refractivity contribution in [2.75, 3.05) is 6.61 Å². The first kappa shape index (κ1) is 20.5. The predicted octanol–water partition coefficient (Wildman–Crippen LogP) is 6.16. The molecule has 0 saturated heterocycles. The quantitative estimate of drug-likeness (QED) is 0.485. The van der Waals surface area contributed by atoms with Gasteiger partial charge in [0.2, 0.25) is 0 Å². The molecule has 0 aliphatic heterocycles. The number of carboxylic acid groups (broad SMARTS) is 1. The van der Waals surface area contributed by atoms with Crippen LogP contribution in [-0.2, 0) is 11.2 Å². The number of halogens is 1. The van der Waals surface area contributed by atoms with E-state index in [2.05, 4.69) is 0 Å². The molecule has 0 aromatic heterocycles. The Morgan fingerprint density at radius 3 is 2.48 bits per heavy atom. The Morgan fingerprint density at radius 1 is 1.03 bits per heavy atom. The third-order valence-corrected chi connectivity index (χ3v) is 4.31. The lowest BCUT2D eigenvalue weighted by molar-refractivity contribution is -0.136. The lowest BCUT2D eigenvalue weighted by Gasteiger charge is -2.13. The first-order chi connectivity index (χ1) is 14.0. The number of para-hydroxylation sites is 2. The third-order valence-electron chi connectivity index (χ3n) is 4.06. The third kappa shape index (κ3) is 6.40. The molecule has 29 heavy (non-hydrogen) atoms. The molecule has 0 radical (unpaired) electrons. The second-order valence-corrected chi connectivity index (χ2v) is 6.97. The van der Waals surface area contributed by atoms with Gasteiger partial charge in [-0.05, 0) is 66.1 Å². The van der Waals surface area contributed by atoms with E-state index in [1.807, 2.05) is 79.7 Å². The van der Waals surface area contributed by atoms with E-state index in [4.69, 9.17) is 26.2 Å². The zero-order chi connectivity index (χ0) is 20.6. The summed E-state index contributed by atoms with van der Waals surface area (Å²) >= 11 is 5.89. The summed E-state index contributed by atoms with van der Waals surface area (Å²) in [6.45, 7) is 2.28. The van der Waals surface area contributed by atoms with Crippen LogP contribution in [0.5, 0.6) is 17.2 Å². The maximum Gasteiger partial charge on any atom is 0.307 e. The molecule has 0 spiro atoms. The number of carbonyl (C=O) groups is 1. The van der Waals surface area contributed by atoms with E-state index in [0.717, 1.165) is 11.1 Å². The van der Waals surface area contributed by atoms with Crippen LogP contribution < -0.4 is 9.47 Å². The van der Waals surface area contributed by atoms with Gasteiger partial charge in [0.1, 0.15) is 12.4 Å². The van der Waals surface area contributed by atoms with Crippen molar-refractivity contribution in [1.29, 1.82) is 0 Å². The normalized spacial score (nSPS) is 10.8. The summed E-state index contributed by atoms with van der Waals surface area (Å²) in [6.07, 6.45) is 3.82. The van der Waals surface area contributed by atoms with Crippen LogP contribution in [-0.4, -0.2) is 17.7 Å². The van der Waals surface area contributed by atoms with Crippen LogP contribution in [0.4, 0.5) is 0 Å². The van der Waals surface area contributed by atoms with Gasteiger partial charge < -0.3 is 14.6 Å². The van der Waals surface area contributed by atoms with Crippen molar-refractivity contribution >= 4 is 23.6 Å². The van der Waals surface area contributed by atoms with Crippen LogP contribution >= 0.6 is 11.6 Å². The van der Waals surface area contributed by atoms with E-state index in [1.54, 1.807) is 6.07 Å². The molecule has 3 aromatic rings. The van der Waals surface area contributed by atoms with Crippen LogP contribution in [0.3, 0.4) is 0 Å². The molecule has 0 heterocycles. The molecule has 0 amide bonds. The fraction of sp³-hybridized carbons (Fsp3) is 0.125. The summed E-state index contributed by atoms with van der Waals surface area (Å²) in [5.74, 6) is 0.876. The summed E-state index contributed by atoms with van der Waals surface area (Å²) in [5.41, 5.74) is 2.66. The Hall–Kier alpha value is -3.24. The fourth-order valence-electron chi connectivity index (χ4n) is 2.84. The molecule has 0 bridgehead atoms. The van der Waals surface area contributed by atoms with Crippen LogP contribution in [0.1, 0.15) is 16.7 Å². The molecule has 1 N–H and O–H groups in total.